The van der Waals surface area contributed by atoms with Gasteiger partial charge in [0.05, 0.1) is 0 Å². The fraction of sp³-hybridized carbons (Fsp3) is 1.00. The van der Waals surface area contributed by atoms with Gasteiger partial charge in [0, 0.05) is 32.3 Å². The lowest BCUT2D eigenvalue weighted by Gasteiger charge is -2.28. The molecule has 0 heterocycles. The molecular formula is C9H22O5Si. The van der Waals surface area contributed by atoms with Gasteiger partial charge in [0.25, 0.3) is 0 Å². The number of aliphatic hydroxyl groups is 2. The van der Waals surface area contributed by atoms with Crippen LogP contribution >= 0.6 is 0 Å². The zero-order valence-electron chi connectivity index (χ0n) is 9.73. The van der Waals surface area contributed by atoms with Gasteiger partial charge < -0.3 is 23.5 Å². The molecule has 0 radical (unpaired) electrons. The van der Waals surface area contributed by atoms with E-state index in [0.717, 1.165) is 0 Å². The predicted octanol–water partition coefficient (Wildman–Crippen LogP) is 0.736. The first-order chi connectivity index (χ1) is 7.10. The summed E-state index contributed by atoms with van der Waals surface area (Å²) in [5.41, 5.74) is 0. The summed E-state index contributed by atoms with van der Waals surface area (Å²) in [5, 5.41) is 17.7. The van der Waals surface area contributed by atoms with E-state index in [9.17, 15) is 0 Å². The largest absolute Gasteiger partial charge is 0.501 e. The summed E-state index contributed by atoms with van der Waals surface area (Å²) in [4.78, 5) is 0. The van der Waals surface area contributed by atoms with Crippen molar-refractivity contribution in [2.75, 3.05) is 19.8 Å². The van der Waals surface area contributed by atoms with Crippen molar-refractivity contribution in [2.45, 2.75) is 39.5 Å². The maximum atomic E-state index is 8.83. The normalized spacial score (nSPS) is 12.4. The molecule has 0 rings (SSSR count). The molecule has 0 atom stereocenters. The number of hydrogen-bond donors (Lipinski definition) is 2. The molecule has 0 spiro atoms. The Balaban J connectivity index is 4.31. The molecular weight excluding hydrogens is 216 g/mol. The van der Waals surface area contributed by atoms with Crippen LogP contribution in [-0.2, 0) is 13.3 Å². The Morgan fingerprint density at radius 3 is 1.60 bits per heavy atom. The zero-order chi connectivity index (χ0) is 11.7. The molecule has 0 fully saturated rings. The van der Waals surface area contributed by atoms with Crippen LogP contribution < -0.4 is 0 Å². The Hall–Kier alpha value is 0.0169. The molecule has 0 unspecified atom stereocenters. The highest BCUT2D eigenvalue weighted by Crippen LogP contribution is 2.18. The van der Waals surface area contributed by atoms with E-state index >= 15 is 0 Å². The molecule has 15 heavy (non-hydrogen) atoms. The van der Waals surface area contributed by atoms with E-state index in [-0.39, 0.29) is 6.42 Å². The van der Waals surface area contributed by atoms with Crippen LogP contribution in [0.15, 0.2) is 0 Å². The molecule has 0 aliphatic rings. The van der Waals surface area contributed by atoms with Crippen LogP contribution in [0.1, 0.15) is 27.2 Å². The lowest BCUT2D eigenvalue weighted by Crippen LogP contribution is -2.46. The molecule has 2 N–H and O–H groups in total. The van der Waals surface area contributed by atoms with E-state index in [1.54, 1.807) is 0 Å². The van der Waals surface area contributed by atoms with Gasteiger partial charge in [-0.2, -0.15) is 0 Å². The Morgan fingerprint density at radius 2 is 1.33 bits per heavy atom. The van der Waals surface area contributed by atoms with E-state index in [1.165, 1.54) is 0 Å². The van der Waals surface area contributed by atoms with Gasteiger partial charge in [0.15, 0.2) is 6.29 Å². The number of hydrogen-bond acceptors (Lipinski definition) is 5. The molecule has 0 amide bonds. The lowest BCUT2D eigenvalue weighted by atomic mass is 10.5. The van der Waals surface area contributed by atoms with E-state index in [0.29, 0.717) is 25.9 Å². The second kappa shape index (κ2) is 8.20. The average molecular weight is 238 g/mol. The molecule has 6 heteroatoms. The Bertz CT molecular complexity index is 136. The maximum Gasteiger partial charge on any atom is 0.501 e. The minimum Gasteiger partial charge on any atom is -0.374 e. The fourth-order valence-electron chi connectivity index (χ4n) is 1.31. The van der Waals surface area contributed by atoms with Crippen LogP contribution in [0.3, 0.4) is 0 Å². The van der Waals surface area contributed by atoms with Crippen LogP contribution in [-0.4, -0.2) is 45.1 Å². The summed E-state index contributed by atoms with van der Waals surface area (Å²) in [6.07, 6.45) is -1.12. The Kier molecular flexibility index (Phi) is 8.21. The highest BCUT2D eigenvalue weighted by Gasteiger charge is 2.40. The van der Waals surface area contributed by atoms with Gasteiger partial charge in [-0.1, -0.05) is 0 Å². The summed E-state index contributed by atoms with van der Waals surface area (Å²) >= 11 is 0. The zero-order valence-corrected chi connectivity index (χ0v) is 10.7. The van der Waals surface area contributed by atoms with Crippen LogP contribution in [0.2, 0.25) is 6.04 Å². The number of rotatable bonds is 9. The standard InChI is InChI=1S/C9H22O5Si/c1-4-12-15(13-5-2,14-6-3)8-7-9(10)11/h9-11H,4-8H2,1-3H3. The summed E-state index contributed by atoms with van der Waals surface area (Å²) < 4.78 is 16.6. The smallest absolute Gasteiger partial charge is 0.374 e. The first kappa shape index (κ1) is 15.0. The monoisotopic (exact) mass is 238 g/mol. The average Bonchev–Trinajstić information content (AvgIpc) is 2.16. The third kappa shape index (κ3) is 6.24. The van der Waals surface area contributed by atoms with Gasteiger partial charge in [0.1, 0.15) is 0 Å². The molecule has 5 nitrogen and oxygen atoms in total. The Labute approximate surface area is 92.3 Å². The molecule has 0 aliphatic carbocycles. The second-order valence-electron chi connectivity index (χ2n) is 3.00. The molecule has 0 bridgehead atoms. The van der Waals surface area contributed by atoms with Crippen molar-refractivity contribution in [2.24, 2.45) is 0 Å². The third-order valence-electron chi connectivity index (χ3n) is 1.80. The van der Waals surface area contributed by atoms with Gasteiger partial charge in [-0.15, -0.1) is 0 Å². The van der Waals surface area contributed by atoms with Crippen molar-refractivity contribution in [3.63, 3.8) is 0 Å². The van der Waals surface area contributed by atoms with Crippen molar-refractivity contribution in [1.82, 2.24) is 0 Å². The van der Waals surface area contributed by atoms with Gasteiger partial charge in [-0.3, -0.25) is 0 Å². The molecule has 0 saturated heterocycles. The van der Waals surface area contributed by atoms with Crippen molar-refractivity contribution < 1.29 is 23.5 Å². The molecule has 0 saturated carbocycles. The minimum atomic E-state index is -2.68. The van der Waals surface area contributed by atoms with Gasteiger partial charge >= 0.3 is 8.80 Å². The highest BCUT2D eigenvalue weighted by molar-refractivity contribution is 6.60. The summed E-state index contributed by atoms with van der Waals surface area (Å²) in [5.74, 6) is 0. The first-order valence-corrected chi connectivity index (χ1v) is 7.31. The third-order valence-corrected chi connectivity index (χ3v) is 4.89. The fourth-order valence-corrected chi connectivity index (χ4v) is 3.92. The van der Waals surface area contributed by atoms with E-state index in [2.05, 4.69) is 0 Å². The van der Waals surface area contributed by atoms with Crippen LogP contribution in [0.4, 0.5) is 0 Å². The van der Waals surface area contributed by atoms with Gasteiger partial charge in [-0.25, -0.2) is 0 Å². The summed E-state index contributed by atoms with van der Waals surface area (Å²) in [6, 6.07) is 0.431. The van der Waals surface area contributed by atoms with Crippen LogP contribution in [0.25, 0.3) is 0 Å². The first-order valence-electron chi connectivity index (χ1n) is 5.38. The minimum absolute atomic E-state index is 0.215. The van der Waals surface area contributed by atoms with Crippen LogP contribution in [0.5, 0.6) is 0 Å². The predicted molar refractivity (Wildman–Crippen MR) is 58.3 cm³/mol. The van der Waals surface area contributed by atoms with E-state index in [4.69, 9.17) is 23.5 Å². The van der Waals surface area contributed by atoms with Gasteiger partial charge in [-0.05, 0) is 20.8 Å². The molecule has 0 aliphatic heterocycles. The van der Waals surface area contributed by atoms with E-state index < -0.39 is 15.1 Å². The highest BCUT2D eigenvalue weighted by atomic mass is 28.4. The summed E-state index contributed by atoms with van der Waals surface area (Å²) in [7, 11) is -2.68. The topological polar surface area (TPSA) is 68.2 Å². The van der Waals surface area contributed by atoms with Crippen molar-refractivity contribution in [3.05, 3.63) is 0 Å². The summed E-state index contributed by atoms with van der Waals surface area (Å²) in [6.45, 7) is 7.13. The molecule has 0 aromatic carbocycles. The van der Waals surface area contributed by atoms with Gasteiger partial charge in [0.2, 0.25) is 0 Å². The molecule has 0 aromatic rings. The number of aliphatic hydroxyl groups excluding tert-OH is 1. The Morgan fingerprint density at radius 1 is 0.933 bits per heavy atom. The maximum absolute atomic E-state index is 8.83. The SMILES string of the molecule is CCO[Si](CCC(O)O)(OCC)OCC. The molecule has 92 valence electrons. The second-order valence-corrected chi connectivity index (χ2v) is 5.73. The van der Waals surface area contributed by atoms with Crippen molar-refractivity contribution in [1.29, 1.82) is 0 Å². The molecule has 0 aromatic heterocycles. The van der Waals surface area contributed by atoms with Crippen molar-refractivity contribution in [3.8, 4) is 0 Å². The lowest BCUT2D eigenvalue weighted by molar-refractivity contribution is -0.0461. The van der Waals surface area contributed by atoms with Crippen molar-refractivity contribution >= 4 is 8.80 Å². The van der Waals surface area contributed by atoms with Crippen LogP contribution in [0, 0.1) is 0 Å². The quantitative estimate of drug-likeness (QED) is 0.458. The van der Waals surface area contributed by atoms with E-state index in [1.807, 2.05) is 20.8 Å².